The molecule has 0 bridgehead atoms. The quantitative estimate of drug-likeness (QED) is 0.0201. The van der Waals surface area contributed by atoms with Crippen molar-refractivity contribution < 1.29 is 172 Å². The van der Waals surface area contributed by atoms with Crippen LogP contribution in [0.25, 0.3) is 0 Å². The largest absolute Gasteiger partial charge is 0.481 e. The van der Waals surface area contributed by atoms with Crippen LogP contribution < -0.4 is 53.2 Å². The highest BCUT2D eigenvalue weighted by molar-refractivity contribution is 5.86. The van der Waals surface area contributed by atoms with E-state index in [-0.39, 0.29) is 167 Å². The summed E-state index contributed by atoms with van der Waals surface area (Å²) in [6, 6.07) is -4.69. The van der Waals surface area contributed by atoms with E-state index in [9.17, 15) is 95.9 Å². The molecule has 0 aliphatic carbocycles. The SMILES string of the molecule is CC(=O)NC1C(OCCCCCC(=O)NCCCNC(=O)CN(CC(=O)NCCCNC(=O)CCCCCOC2OC(COC(C)=O)CC(COC(C)=O)(OC(C)=O)C2NC(C)=O)C(CCCCNC(=O)CCCC(=O)O)C(=O)NCCCNC(=O)CCCCCOC2OC(COC(C)=O)C(OC(C)=O)C(OC(C)=O)C2NC(C)=O)OC(COC(C)=O)C(OC(C)=O)C1OC(C)=O. The molecule has 10 amide bonds. The van der Waals surface area contributed by atoms with Crippen molar-refractivity contribution in [1.82, 2.24) is 58.1 Å². The Hall–Kier alpha value is -10.9. The molecule has 15 atom stereocenters. The van der Waals surface area contributed by atoms with Crippen LogP contribution in [-0.2, 0) is 167 Å². The van der Waals surface area contributed by atoms with E-state index in [1.54, 1.807) is 0 Å². The first-order chi connectivity index (χ1) is 62.6. The Morgan fingerprint density at radius 3 is 1.08 bits per heavy atom. The lowest BCUT2D eigenvalue weighted by Gasteiger charge is -2.48. The van der Waals surface area contributed by atoms with E-state index in [0.717, 1.165) is 55.4 Å². The van der Waals surface area contributed by atoms with Gasteiger partial charge < -0.3 is 129 Å². The third-order valence-electron chi connectivity index (χ3n) is 20.0. The number of nitrogens with zero attached hydrogens (tertiary/aromatic N) is 1. The summed E-state index contributed by atoms with van der Waals surface area (Å²) in [7, 11) is 0. The molecular formula is C85H137N11O36. The first-order valence-electron chi connectivity index (χ1n) is 44.5. The van der Waals surface area contributed by atoms with Gasteiger partial charge in [-0.3, -0.25) is 101 Å². The van der Waals surface area contributed by atoms with Gasteiger partial charge in [-0.2, -0.15) is 0 Å². The van der Waals surface area contributed by atoms with Crippen LogP contribution in [0.5, 0.6) is 0 Å². The molecule has 3 aliphatic rings. The molecule has 0 aromatic carbocycles. The summed E-state index contributed by atoms with van der Waals surface area (Å²) in [4.78, 5) is 253. The number of aliphatic carboxylic acids is 1. The smallest absolute Gasteiger partial charge is 0.303 e. The topological polar surface area (TPSA) is 624 Å². The zero-order chi connectivity index (χ0) is 98.3. The molecule has 3 heterocycles. The second-order valence-electron chi connectivity index (χ2n) is 31.8. The number of hydrogen-bond acceptors (Lipinski definition) is 36. The van der Waals surface area contributed by atoms with Crippen molar-refractivity contribution in [2.24, 2.45) is 0 Å². The lowest BCUT2D eigenvalue weighted by atomic mass is 9.85. The predicted octanol–water partition coefficient (Wildman–Crippen LogP) is -0.843. The average molecular weight is 1890 g/mol. The molecule has 0 saturated carbocycles. The van der Waals surface area contributed by atoms with Gasteiger partial charge in [0.1, 0.15) is 56.8 Å². The van der Waals surface area contributed by atoms with Gasteiger partial charge in [-0.05, 0) is 83.5 Å². The van der Waals surface area contributed by atoms with Gasteiger partial charge in [0.05, 0.1) is 25.2 Å². The number of carbonyl (C=O) groups is 20. The van der Waals surface area contributed by atoms with Crippen molar-refractivity contribution in [3.05, 3.63) is 0 Å². The van der Waals surface area contributed by atoms with Gasteiger partial charge in [0.15, 0.2) is 48.9 Å². The standard InChI is InChI=1S/C85H137N11O36/c1-51(97)93-74-78(127-60(10)106)76(125-58(8)104)65(48-122-55(5)101)130-82(74)118-41-21-13-16-29-67(109)87-35-25-38-90-71(113)45-96(46-72(114)91-39-26-36-88-68(110)31-18-15-23-43-120-84-80(95-53(3)99)85(132-62(12)108,50-124-57(7)103)44-63(129-84)47-121-54(4)100)64(28-19-20-34-86-70(112)32-24-33-73(115)116)81(117)92-40-27-37-89-69(111)30-17-14-22-42-119-83-75(94-52(2)98)79(128-61(11)107)77(126-59(9)105)66(131-83)49-123-56(6)102/h63-66,74-80,82-84H,13-50H2,1-12H3,(H,86,112)(H,87,109)(H,88,110)(H,89,111)(H,90,113)(H,91,114)(H,92,117)(H,93,97)(H,94,98)(H,95,99)(H,115,116). The molecule has 3 aliphatic heterocycles. The monoisotopic (exact) mass is 1890 g/mol. The molecule has 47 heteroatoms. The number of hydrogen-bond donors (Lipinski definition) is 11. The van der Waals surface area contributed by atoms with Crippen molar-refractivity contribution in [2.75, 3.05) is 105 Å². The van der Waals surface area contributed by atoms with E-state index in [0.29, 0.717) is 64.2 Å². The van der Waals surface area contributed by atoms with Crippen molar-refractivity contribution in [3.8, 4) is 0 Å². The molecular weight excluding hydrogens is 1750 g/mol. The van der Waals surface area contributed by atoms with E-state index < -0.39 is 225 Å². The van der Waals surface area contributed by atoms with Gasteiger partial charge in [-0.1, -0.05) is 19.3 Å². The molecule has 11 N–H and O–H groups in total. The first kappa shape index (κ1) is 115. The molecule has 0 spiro atoms. The number of unbranched alkanes of at least 4 members (excludes halogenated alkanes) is 7. The molecule has 3 rings (SSSR count). The molecule has 0 radical (unpaired) electrons. The van der Waals surface area contributed by atoms with Gasteiger partial charge in [0, 0.05) is 187 Å². The summed E-state index contributed by atoms with van der Waals surface area (Å²) in [6.07, 6.45) is -7.40. The lowest BCUT2D eigenvalue weighted by Crippen LogP contribution is -2.68. The van der Waals surface area contributed by atoms with Crippen LogP contribution in [0.15, 0.2) is 0 Å². The number of carboxylic acid groups (broad SMARTS) is 1. The Balaban J connectivity index is 1.72. The summed E-state index contributed by atoms with van der Waals surface area (Å²) in [5.74, 6) is -12.4. The second kappa shape index (κ2) is 64.1. The van der Waals surface area contributed by atoms with Crippen LogP contribution in [0.2, 0.25) is 0 Å². The van der Waals surface area contributed by atoms with Crippen LogP contribution >= 0.6 is 0 Å². The fourth-order valence-corrected chi connectivity index (χ4v) is 14.3. The molecule has 132 heavy (non-hydrogen) atoms. The number of ether oxygens (including phenoxy) is 15. The molecule has 15 unspecified atom stereocenters. The van der Waals surface area contributed by atoms with E-state index in [4.69, 9.17) is 76.2 Å². The number of carbonyl (C=O) groups excluding carboxylic acids is 19. The van der Waals surface area contributed by atoms with Crippen LogP contribution in [0.4, 0.5) is 0 Å². The maximum Gasteiger partial charge on any atom is 0.303 e. The van der Waals surface area contributed by atoms with Crippen molar-refractivity contribution in [2.45, 2.75) is 316 Å². The van der Waals surface area contributed by atoms with Gasteiger partial charge in [0.25, 0.3) is 0 Å². The Labute approximate surface area is 766 Å². The Morgan fingerprint density at radius 1 is 0.348 bits per heavy atom. The summed E-state index contributed by atoms with van der Waals surface area (Å²) in [6.45, 7) is 11.9. The summed E-state index contributed by atoms with van der Waals surface area (Å²) < 4.78 is 84.7. The van der Waals surface area contributed by atoms with E-state index in [1.807, 2.05) is 0 Å². The summed E-state index contributed by atoms with van der Waals surface area (Å²) in [5, 5.41) is 36.6. The maximum absolute atomic E-state index is 14.5. The molecule has 3 saturated heterocycles. The van der Waals surface area contributed by atoms with E-state index >= 15 is 0 Å². The molecule has 0 aromatic heterocycles. The Kier molecular flexibility index (Phi) is 55.9. The number of amides is 10. The van der Waals surface area contributed by atoms with Crippen LogP contribution in [0.1, 0.15) is 224 Å². The highest BCUT2D eigenvalue weighted by atomic mass is 16.7. The van der Waals surface area contributed by atoms with Crippen LogP contribution in [-0.4, -0.2) is 325 Å². The number of carboxylic acids is 1. The summed E-state index contributed by atoms with van der Waals surface area (Å²) in [5.41, 5.74) is -1.70. The summed E-state index contributed by atoms with van der Waals surface area (Å²) >= 11 is 0. The van der Waals surface area contributed by atoms with Gasteiger partial charge in [-0.15, -0.1) is 0 Å². The van der Waals surface area contributed by atoms with E-state index in [1.165, 1.54) is 32.6 Å². The minimum Gasteiger partial charge on any atom is -0.481 e. The Bertz CT molecular complexity index is 3760. The predicted molar refractivity (Wildman–Crippen MR) is 456 cm³/mol. The third kappa shape index (κ3) is 49.6. The zero-order valence-electron chi connectivity index (χ0n) is 77.6. The Morgan fingerprint density at radius 2 is 0.705 bits per heavy atom. The molecule has 748 valence electrons. The van der Waals surface area contributed by atoms with E-state index in [2.05, 4.69) is 53.2 Å². The van der Waals surface area contributed by atoms with Gasteiger partial charge >= 0.3 is 59.7 Å². The molecule has 47 nitrogen and oxygen atoms in total. The van der Waals surface area contributed by atoms with Crippen LogP contribution in [0.3, 0.4) is 0 Å². The van der Waals surface area contributed by atoms with Crippen molar-refractivity contribution in [3.63, 3.8) is 0 Å². The second-order valence-corrected chi connectivity index (χ2v) is 31.8. The maximum atomic E-state index is 14.5. The average Bonchev–Trinajstić information content (AvgIpc) is 0.770. The lowest BCUT2D eigenvalue weighted by molar-refractivity contribution is -0.277. The fourth-order valence-electron chi connectivity index (χ4n) is 14.3. The molecule has 0 aromatic rings. The minimum absolute atomic E-state index is 0.0123. The normalized spacial score (nSPS) is 21.5. The highest BCUT2D eigenvalue weighted by Gasteiger charge is 2.56. The fraction of sp³-hybridized carbons (Fsp3) is 0.765. The van der Waals surface area contributed by atoms with Crippen molar-refractivity contribution >= 4 is 119 Å². The number of esters is 9. The van der Waals surface area contributed by atoms with Crippen LogP contribution in [0, 0.1) is 0 Å². The van der Waals surface area contributed by atoms with Crippen molar-refractivity contribution in [1.29, 1.82) is 0 Å². The van der Waals surface area contributed by atoms with Gasteiger partial charge in [0.2, 0.25) is 59.1 Å². The van der Waals surface area contributed by atoms with Gasteiger partial charge in [-0.25, -0.2) is 0 Å². The first-order valence-corrected chi connectivity index (χ1v) is 44.5. The number of rotatable bonds is 64. The molecule has 3 fully saturated rings. The zero-order valence-corrected chi connectivity index (χ0v) is 77.6. The number of nitrogens with one attached hydrogen (secondary N) is 10. The minimum atomic E-state index is -1.70. The highest BCUT2D eigenvalue weighted by Crippen LogP contribution is 2.36. The third-order valence-corrected chi connectivity index (χ3v) is 20.0.